The van der Waals surface area contributed by atoms with Gasteiger partial charge in [-0.25, -0.2) is 4.98 Å². The summed E-state index contributed by atoms with van der Waals surface area (Å²) in [4.78, 5) is 16.2. The summed E-state index contributed by atoms with van der Waals surface area (Å²) >= 11 is 0. The molecule has 1 rings (SSSR count). The third-order valence-electron chi connectivity index (χ3n) is 2.31. The van der Waals surface area contributed by atoms with Crippen LogP contribution in [-0.2, 0) is 0 Å². The molecule has 0 saturated carbocycles. The van der Waals surface area contributed by atoms with E-state index in [0.717, 1.165) is 24.5 Å². The highest BCUT2D eigenvalue weighted by molar-refractivity contribution is 5.49. The van der Waals surface area contributed by atoms with Gasteiger partial charge in [0.25, 0.3) is 5.69 Å². The first-order chi connectivity index (χ1) is 7.56. The fourth-order valence-corrected chi connectivity index (χ4v) is 1.44. The molecule has 0 saturated heterocycles. The normalized spacial score (nSPS) is 10.2. The van der Waals surface area contributed by atoms with Gasteiger partial charge in [0.05, 0.1) is 4.92 Å². The van der Waals surface area contributed by atoms with Gasteiger partial charge in [-0.3, -0.25) is 10.1 Å². The van der Waals surface area contributed by atoms with E-state index in [9.17, 15) is 10.1 Å². The summed E-state index contributed by atoms with van der Waals surface area (Å²) in [5.41, 5.74) is 0.844. The third kappa shape index (κ3) is 2.90. The highest BCUT2D eigenvalue weighted by Gasteiger charge is 2.11. The van der Waals surface area contributed by atoms with Crippen LogP contribution in [0.15, 0.2) is 12.3 Å². The molecular weight excluding hydrogens is 208 g/mol. The van der Waals surface area contributed by atoms with Gasteiger partial charge in [-0.05, 0) is 19.5 Å². The lowest BCUT2D eigenvalue weighted by molar-refractivity contribution is -0.385. The summed E-state index contributed by atoms with van der Waals surface area (Å²) in [5.74, 6) is 0.779. The van der Waals surface area contributed by atoms with E-state index in [4.69, 9.17) is 0 Å². The fourth-order valence-electron chi connectivity index (χ4n) is 1.44. The number of nitrogens with one attached hydrogen (secondary N) is 1. The monoisotopic (exact) mass is 224 g/mol. The minimum atomic E-state index is -0.433. The average Bonchev–Trinajstić information content (AvgIpc) is 2.25. The average molecular weight is 224 g/mol. The summed E-state index contributed by atoms with van der Waals surface area (Å²) in [6.07, 6.45) is 1.29. The fraction of sp³-hybridized carbons (Fsp3) is 0.500. The van der Waals surface area contributed by atoms with Crippen molar-refractivity contribution in [1.29, 1.82) is 0 Å². The van der Waals surface area contributed by atoms with Crippen LogP contribution in [-0.4, -0.2) is 37.1 Å². The molecule has 0 radical (unpaired) electrons. The molecule has 0 aliphatic heterocycles. The van der Waals surface area contributed by atoms with Crippen molar-refractivity contribution in [3.05, 3.63) is 27.9 Å². The maximum Gasteiger partial charge on any atom is 0.287 e. The topological polar surface area (TPSA) is 71.3 Å². The van der Waals surface area contributed by atoms with Gasteiger partial charge in [0.15, 0.2) is 0 Å². The van der Waals surface area contributed by atoms with Crippen LogP contribution in [0.5, 0.6) is 0 Å². The minimum absolute atomic E-state index is 0.0308. The van der Waals surface area contributed by atoms with Gasteiger partial charge in [0.2, 0.25) is 0 Å². The maximum atomic E-state index is 10.5. The van der Waals surface area contributed by atoms with E-state index in [-0.39, 0.29) is 5.69 Å². The number of likely N-dealkylation sites (N-methyl/N-ethyl adjacent to an activating group) is 2. The van der Waals surface area contributed by atoms with E-state index in [0.29, 0.717) is 0 Å². The molecule has 1 heterocycles. The molecule has 0 bridgehead atoms. The summed E-state index contributed by atoms with van der Waals surface area (Å²) in [6.45, 7) is 3.47. The Morgan fingerprint density at radius 1 is 1.62 bits per heavy atom. The Morgan fingerprint density at radius 3 is 2.81 bits per heavy atom. The number of pyridine rings is 1. The molecule has 0 spiro atoms. The second-order valence-corrected chi connectivity index (χ2v) is 3.62. The predicted octanol–water partition coefficient (Wildman–Crippen LogP) is 0.954. The quantitative estimate of drug-likeness (QED) is 0.595. The third-order valence-corrected chi connectivity index (χ3v) is 2.31. The molecule has 1 aromatic heterocycles. The predicted molar refractivity (Wildman–Crippen MR) is 62.8 cm³/mol. The van der Waals surface area contributed by atoms with Gasteiger partial charge >= 0.3 is 0 Å². The van der Waals surface area contributed by atoms with Crippen LogP contribution in [0.3, 0.4) is 0 Å². The smallest absolute Gasteiger partial charge is 0.287 e. The second-order valence-electron chi connectivity index (χ2n) is 3.62. The molecule has 0 aromatic carbocycles. The summed E-state index contributed by atoms with van der Waals surface area (Å²) in [6, 6.07) is 1.54. The van der Waals surface area contributed by atoms with Gasteiger partial charge in [-0.1, -0.05) is 0 Å². The van der Waals surface area contributed by atoms with Crippen molar-refractivity contribution in [2.75, 3.05) is 32.1 Å². The SMILES string of the molecule is CNCCN(C)c1ncc([N+](=O)[O-])cc1C. The number of hydrogen-bond acceptors (Lipinski definition) is 5. The Balaban J connectivity index is 2.85. The molecule has 6 heteroatoms. The second kappa shape index (κ2) is 5.41. The zero-order valence-corrected chi connectivity index (χ0v) is 9.73. The molecule has 6 nitrogen and oxygen atoms in total. The highest BCUT2D eigenvalue weighted by atomic mass is 16.6. The molecule has 0 amide bonds. The molecule has 0 fully saturated rings. The zero-order chi connectivity index (χ0) is 12.1. The molecule has 1 aromatic rings. The van der Waals surface area contributed by atoms with Gasteiger partial charge in [-0.15, -0.1) is 0 Å². The summed E-state index contributed by atoms with van der Waals surface area (Å²) in [7, 11) is 3.79. The van der Waals surface area contributed by atoms with Crippen LogP contribution in [0.2, 0.25) is 0 Å². The zero-order valence-electron chi connectivity index (χ0n) is 9.73. The lowest BCUT2D eigenvalue weighted by Crippen LogP contribution is -2.28. The number of aromatic nitrogens is 1. The van der Waals surface area contributed by atoms with Crippen molar-refractivity contribution in [1.82, 2.24) is 10.3 Å². The molecule has 0 aliphatic rings. The van der Waals surface area contributed by atoms with Crippen LogP contribution in [0.1, 0.15) is 5.56 Å². The standard InChI is InChI=1S/C10H16N4O2/c1-8-6-9(14(15)16)7-12-10(8)13(3)5-4-11-2/h6-7,11H,4-5H2,1-3H3. The highest BCUT2D eigenvalue weighted by Crippen LogP contribution is 2.20. The Morgan fingerprint density at radius 2 is 2.31 bits per heavy atom. The van der Waals surface area contributed by atoms with E-state index in [1.807, 2.05) is 25.9 Å². The van der Waals surface area contributed by atoms with E-state index >= 15 is 0 Å². The lowest BCUT2D eigenvalue weighted by Gasteiger charge is -2.19. The maximum absolute atomic E-state index is 10.5. The lowest BCUT2D eigenvalue weighted by atomic mass is 10.2. The number of nitro groups is 1. The molecule has 88 valence electrons. The number of hydrogen-bond donors (Lipinski definition) is 1. The van der Waals surface area contributed by atoms with Crippen molar-refractivity contribution >= 4 is 11.5 Å². The Hall–Kier alpha value is -1.69. The summed E-state index contributed by atoms with van der Waals surface area (Å²) < 4.78 is 0. The van der Waals surface area contributed by atoms with Gasteiger partial charge in [0, 0.05) is 26.2 Å². The van der Waals surface area contributed by atoms with E-state index < -0.39 is 4.92 Å². The molecule has 0 unspecified atom stereocenters. The van der Waals surface area contributed by atoms with E-state index in [2.05, 4.69) is 10.3 Å². The van der Waals surface area contributed by atoms with Crippen LogP contribution >= 0.6 is 0 Å². The molecule has 0 atom stereocenters. The van der Waals surface area contributed by atoms with Crippen molar-refractivity contribution in [3.8, 4) is 0 Å². The van der Waals surface area contributed by atoms with Crippen LogP contribution in [0, 0.1) is 17.0 Å². The largest absolute Gasteiger partial charge is 0.358 e. The first-order valence-corrected chi connectivity index (χ1v) is 5.03. The van der Waals surface area contributed by atoms with Crippen LogP contribution < -0.4 is 10.2 Å². The number of rotatable bonds is 5. The minimum Gasteiger partial charge on any atom is -0.358 e. The van der Waals surface area contributed by atoms with Gasteiger partial charge < -0.3 is 10.2 Å². The van der Waals surface area contributed by atoms with E-state index in [1.165, 1.54) is 12.3 Å². The first-order valence-electron chi connectivity index (χ1n) is 5.03. The molecular formula is C10H16N4O2. The Bertz CT molecular complexity index is 381. The Kier molecular flexibility index (Phi) is 4.19. The van der Waals surface area contributed by atoms with Crippen LogP contribution in [0.25, 0.3) is 0 Å². The molecule has 16 heavy (non-hydrogen) atoms. The van der Waals surface area contributed by atoms with Gasteiger partial charge in [-0.2, -0.15) is 0 Å². The van der Waals surface area contributed by atoms with Crippen molar-refractivity contribution < 1.29 is 4.92 Å². The van der Waals surface area contributed by atoms with Crippen LogP contribution in [0.4, 0.5) is 11.5 Å². The number of aryl methyl sites for hydroxylation is 1. The summed E-state index contributed by atoms with van der Waals surface area (Å²) in [5, 5.41) is 13.6. The van der Waals surface area contributed by atoms with Crippen molar-refractivity contribution in [2.24, 2.45) is 0 Å². The van der Waals surface area contributed by atoms with Crippen molar-refractivity contribution in [2.45, 2.75) is 6.92 Å². The Labute approximate surface area is 94.4 Å². The number of nitrogens with zero attached hydrogens (tertiary/aromatic N) is 3. The van der Waals surface area contributed by atoms with Crippen molar-refractivity contribution in [3.63, 3.8) is 0 Å². The molecule has 1 N–H and O–H groups in total. The van der Waals surface area contributed by atoms with Gasteiger partial charge in [0.1, 0.15) is 12.0 Å². The number of anilines is 1. The molecule has 0 aliphatic carbocycles. The first kappa shape index (κ1) is 12.4. The van der Waals surface area contributed by atoms with E-state index in [1.54, 1.807) is 0 Å².